The molecule has 0 bridgehead atoms. The predicted octanol–water partition coefficient (Wildman–Crippen LogP) is 1.51. The Morgan fingerprint density at radius 3 is 2.86 bits per heavy atom. The van der Waals surface area contributed by atoms with Crippen molar-refractivity contribution in [3.63, 3.8) is 0 Å². The van der Waals surface area contributed by atoms with Gasteiger partial charge >= 0.3 is 0 Å². The fraction of sp³-hybridized carbons (Fsp3) is 0.650. The van der Waals surface area contributed by atoms with Crippen molar-refractivity contribution in [3.8, 4) is 0 Å². The summed E-state index contributed by atoms with van der Waals surface area (Å²) in [6.45, 7) is 10.9. The lowest BCUT2D eigenvalue weighted by atomic mass is 9.94. The third-order valence-corrected chi connectivity index (χ3v) is 5.75. The molecular weight excluding hydrogens is 356 g/mol. The fourth-order valence-electron chi connectivity index (χ4n) is 4.15. The van der Waals surface area contributed by atoms with Crippen molar-refractivity contribution in [3.05, 3.63) is 39.6 Å². The van der Waals surface area contributed by atoms with E-state index < -0.39 is 0 Å². The lowest BCUT2D eigenvalue weighted by Gasteiger charge is -2.33. The summed E-state index contributed by atoms with van der Waals surface area (Å²) < 4.78 is 7.41. The van der Waals surface area contributed by atoms with E-state index in [-0.39, 0.29) is 11.5 Å². The summed E-state index contributed by atoms with van der Waals surface area (Å²) >= 11 is 0. The molecule has 0 spiro atoms. The van der Waals surface area contributed by atoms with E-state index in [1.54, 1.807) is 6.07 Å². The van der Waals surface area contributed by atoms with Gasteiger partial charge in [0.05, 0.1) is 24.6 Å². The molecule has 0 aliphatic carbocycles. The first-order valence-electron chi connectivity index (χ1n) is 10.3. The Bertz CT molecular complexity index is 855. The quantitative estimate of drug-likeness (QED) is 0.839. The monoisotopic (exact) mass is 386 g/mol. The van der Waals surface area contributed by atoms with Crippen LogP contribution in [0.15, 0.2) is 17.1 Å². The van der Waals surface area contributed by atoms with Crippen LogP contribution in [-0.2, 0) is 17.8 Å². The van der Waals surface area contributed by atoms with E-state index in [1.165, 1.54) is 5.56 Å². The number of nitrogens with one attached hydrogen (secondary N) is 1. The van der Waals surface area contributed by atoms with Crippen molar-refractivity contribution >= 4 is 5.95 Å². The summed E-state index contributed by atoms with van der Waals surface area (Å²) in [5.41, 5.74) is 3.24. The first-order chi connectivity index (χ1) is 13.6. The molecule has 2 saturated heterocycles. The highest BCUT2D eigenvalue weighted by Crippen LogP contribution is 2.27. The Balaban J connectivity index is 1.48. The number of morpholine rings is 1. The predicted molar refractivity (Wildman–Crippen MR) is 108 cm³/mol. The van der Waals surface area contributed by atoms with E-state index in [2.05, 4.69) is 39.9 Å². The average Bonchev–Trinajstić information content (AvgIpc) is 3.08. The molecule has 0 saturated carbocycles. The summed E-state index contributed by atoms with van der Waals surface area (Å²) in [6, 6.07) is 1.68. The third-order valence-electron chi connectivity index (χ3n) is 5.75. The van der Waals surface area contributed by atoms with Crippen molar-refractivity contribution in [1.29, 1.82) is 0 Å². The second-order valence-electron chi connectivity index (χ2n) is 7.76. The number of anilines is 1. The molecule has 28 heavy (non-hydrogen) atoms. The molecule has 8 heteroatoms. The summed E-state index contributed by atoms with van der Waals surface area (Å²) in [4.78, 5) is 24.6. The minimum absolute atomic E-state index is 0.0660. The molecule has 1 atom stereocenters. The van der Waals surface area contributed by atoms with Crippen molar-refractivity contribution in [2.24, 2.45) is 0 Å². The largest absolute Gasteiger partial charge is 0.378 e. The smallest absolute Gasteiger partial charge is 0.252 e. The van der Waals surface area contributed by atoms with Crippen LogP contribution < -0.4 is 10.5 Å². The van der Waals surface area contributed by atoms with Crippen molar-refractivity contribution in [2.75, 3.05) is 44.3 Å². The molecule has 8 nitrogen and oxygen atoms in total. The summed E-state index contributed by atoms with van der Waals surface area (Å²) in [5, 5.41) is 4.56. The lowest BCUT2D eigenvalue weighted by Crippen LogP contribution is -2.39. The summed E-state index contributed by atoms with van der Waals surface area (Å²) in [6.07, 6.45) is 4.34. The first kappa shape index (κ1) is 19.1. The zero-order chi connectivity index (χ0) is 19.5. The minimum atomic E-state index is -0.0660. The molecule has 1 N–H and O–H groups in total. The molecule has 0 unspecified atom stereocenters. The molecule has 2 aliphatic rings. The number of rotatable bonds is 5. The number of aromatic nitrogens is 4. The number of ether oxygens (including phenoxy) is 1. The van der Waals surface area contributed by atoms with Crippen LogP contribution >= 0.6 is 0 Å². The topological polar surface area (TPSA) is 79.3 Å². The number of likely N-dealkylation sites (tertiary alicyclic amines) is 1. The summed E-state index contributed by atoms with van der Waals surface area (Å²) in [7, 11) is 0. The minimum Gasteiger partial charge on any atom is -0.378 e. The summed E-state index contributed by atoms with van der Waals surface area (Å²) in [5.74, 6) is 0.973. The number of piperidine rings is 1. The lowest BCUT2D eigenvalue weighted by molar-refractivity contribution is 0.122. The Labute approximate surface area is 165 Å². The normalized spacial score (nSPS) is 21.2. The van der Waals surface area contributed by atoms with Crippen LogP contribution in [0.4, 0.5) is 5.95 Å². The van der Waals surface area contributed by atoms with Gasteiger partial charge in [-0.05, 0) is 33.2 Å². The highest BCUT2D eigenvalue weighted by atomic mass is 16.5. The van der Waals surface area contributed by atoms with Gasteiger partial charge < -0.3 is 9.64 Å². The second-order valence-corrected chi connectivity index (χ2v) is 7.76. The maximum Gasteiger partial charge on any atom is 0.252 e. The highest BCUT2D eigenvalue weighted by molar-refractivity contribution is 5.31. The van der Waals surface area contributed by atoms with Gasteiger partial charge in [0, 0.05) is 56.5 Å². The number of aryl methyl sites for hydroxylation is 2. The van der Waals surface area contributed by atoms with Crippen molar-refractivity contribution < 1.29 is 4.74 Å². The molecule has 2 fully saturated rings. The molecule has 2 aromatic heterocycles. The van der Waals surface area contributed by atoms with E-state index in [0.717, 1.165) is 63.5 Å². The van der Waals surface area contributed by atoms with Gasteiger partial charge in [0.15, 0.2) is 0 Å². The fourth-order valence-corrected chi connectivity index (χ4v) is 4.15. The number of hydrogen-bond donors (Lipinski definition) is 1. The maximum absolute atomic E-state index is 12.3. The Hall–Kier alpha value is -2.19. The van der Waals surface area contributed by atoms with Crippen LogP contribution in [0.25, 0.3) is 0 Å². The van der Waals surface area contributed by atoms with E-state index in [4.69, 9.17) is 9.72 Å². The molecular formula is C20H30N6O2. The number of aromatic amines is 1. The van der Waals surface area contributed by atoms with Gasteiger partial charge in [-0.2, -0.15) is 5.10 Å². The van der Waals surface area contributed by atoms with Gasteiger partial charge in [-0.15, -0.1) is 0 Å². The molecule has 2 aromatic rings. The van der Waals surface area contributed by atoms with Crippen LogP contribution in [0.3, 0.4) is 0 Å². The van der Waals surface area contributed by atoms with Crippen LogP contribution in [0.2, 0.25) is 0 Å². The average molecular weight is 387 g/mol. The van der Waals surface area contributed by atoms with Crippen LogP contribution in [0.1, 0.15) is 42.6 Å². The van der Waals surface area contributed by atoms with Crippen molar-refractivity contribution in [1.82, 2.24) is 24.6 Å². The van der Waals surface area contributed by atoms with E-state index in [1.807, 2.05) is 4.68 Å². The third kappa shape index (κ3) is 4.28. The van der Waals surface area contributed by atoms with Gasteiger partial charge in [0.2, 0.25) is 5.95 Å². The SMILES string of the molecule is CCn1cc(CN2CCC[C@H](c3cc(=O)[nH]c(N4CCOCC4)n3)C2)c(C)n1. The standard InChI is InChI=1S/C20H30N6O2/c1-3-26-14-17(15(2)23-26)13-24-6-4-5-16(12-24)18-11-19(27)22-20(21-18)25-7-9-28-10-8-25/h11,14,16H,3-10,12-13H2,1-2H3,(H,21,22,27)/t16-/m0/s1. The molecule has 4 rings (SSSR count). The molecule has 0 aromatic carbocycles. The van der Waals surface area contributed by atoms with E-state index in [0.29, 0.717) is 19.2 Å². The first-order valence-corrected chi connectivity index (χ1v) is 10.3. The number of H-pyrrole nitrogens is 1. The Morgan fingerprint density at radius 2 is 2.11 bits per heavy atom. The van der Waals surface area contributed by atoms with Crippen LogP contribution in [0, 0.1) is 6.92 Å². The Morgan fingerprint density at radius 1 is 1.29 bits per heavy atom. The molecule has 152 valence electrons. The van der Waals surface area contributed by atoms with Crippen molar-refractivity contribution in [2.45, 2.75) is 45.7 Å². The van der Waals surface area contributed by atoms with Gasteiger partial charge in [0.1, 0.15) is 0 Å². The number of hydrogen-bond acceptors (Lipinski definition) is 6. The van der Waals surface area contributed by atoms with Crippen LogP contribution in [0.5, 0.6) is 0 Å². The molecule has 0 radical (unpaired) electrons. The van der Waals surface area contributed by atoms with E-state index >= 15 is 0 Å². The van der Waals surface area contributed by atoms with Gasteiger partial charge in [0.25, 0.3) is 5.56 Å². The zero-order valence-electron chi connectivity index (χ0n) is 16.9. The molecule has 4 heterocycles. The van der Waals surface area contributed by atoms with Gasteiger partial charge in [-0.25, -0.2) is 4.98 Å². The maximum atomic E-state index is 12.3. The van der Waals surface area contributed by atoms with Gasteiger partial charge in [-0.3, -0.25) is 19.4 Å². The molecule has 0 amide bonds. The zero-order valence-corrected chi connectivity index (χ0v) is 16.9. The molecule has 2 aliphatic heterocycles. The van der Waals surface area contributed by atoms with Gasteiger partial charge in [-0.1, -0.05) is 0 Å². The highest BCUT2D eigenvalue weighted by Gasteiger charge is 2.25. The number of nitrogens with zero attached hydrogens (tertiary/aromatic N) is 5. The second kappa shape index (κ2) is 8.45. The Kier molecular flexibility index (Phi) is 5.77. The van der Waals surface area contributed by atoms with Crippen LogP contribution in [-0.4, -0.2) is 64.0 Å². The van der Waals surface area contributed by atoms with E-state index in [9.17, 15) is 4.79 Å².